The van der Waals surface area contributed by atoms with Crippen LogP contribution in [0.3, 0.4) is 0 Å². The van der Waals surface area contributed by atoms with Crippen LogP contribution in [0.15, 0.2) is 12.7 Å². The summed E-state index contributed by atoms with van der Waals surface area (Å²) in [6, 6.07) is -0.161. The van der Waals surface area contributed by atoms with E-state index in [2.05, 4.69) is 25.4 Å². The minimum absolute atomic E-state index is 0.161. The Balaban J connectivity index is 2.16. The number of H-pyrrole nitrogens is 1. The number of imidazole rings is 1. The number of rotatable bonds is 5. The monoisotopic (exact) mass is 262 g/mol. The van der Waals surface area contributed by atoms with E-state index in [-0.39, 0.29) is 11.9 Å². The zero-order valence-corrected chi connectivity index (χ0v) is 11.3. The Bertz CT molecular complexity index is 558. The van der Waals surface area contributed by atoms with Gasteiger partial charge in [0.1, 0.15) is 17.8 Å². The lowest BCUT2D eigenvalue weighted by Gasteiger charge is -2.16. The Hall–Kier alpha value is -2.18. The molecule has 102 valence electrons. The van der Waals surface area contributed by atoms with Crippen molar-refractivity contribution in [3.63, 3.8) is 0 Å². The minimum Gasteiger partial charge on any atom is -0.348 e. The summed E-state index contributed by atoms with van der Waals surface area (Å²) in [6.07, 6.45) is 3.76. The number of nitrogens with one attached hydrogen (secondary N) is 2. The van der Waals surface area contributed by atoms with E-state index in [0.717, 1.165) is 24.5 Å². The molecule has 2 aromatic heterocycles. The van der Waals surface area contributed by atoms with Gasteiger partial charge in [-0.2, -0.15) is 5.10 Å². The zero-order valence-electron chi connectivity index (χ0n) is 11.3. The van der Waals surface area contributed by atoms with E-state index in [9.17, 15) is 4.79 Å². The van der Waals surface area contributed by atoms with Crippen molar-refractivity contribution in [1.82, 2.24) is 30.0 Å². The third kappa shape index (κ3) is 2.64. The van der Waals surface area contributed by atoms with Crippen molar-refractivity contribution < 1.29 is 4.79 Å². The number of carbonyl (C=O) groups excluding carboxylic acids is 1. The first-order valence-electron chi connectivity index (χ1n) is 6.35. The quantitative estimate of drug-likeness (QED) is 0.847. The SMILES string of the molecule is CC[C@H](NC(=O)c1nc[nH]c1C)c1ncnn1CC. The number of aromatic nitrogens is 5. The van der Waals surface area contributed by atoms with Crippen molar-refractivity contribution in [2.45, 2.75) is 39.8 Å². The van der Waals surface area contributed by atoms with Gasteiger partial charge in [-0.05, 0) is 20.3 Å². The van der Waals surface area contributed by atoms with E-state index < -0.39 is 0 Å². The molecule has 0 bridgehead atoms. The van der Waals surface area contributed by atoms with Crippen LogP contribution < -0.4 is 5.32 Å². The van der Waals surface area contributed by atoms with Crippen LogP contribution in [0.25, 0.3) is 0 Å². The molecule has 0 aliphatic rings. The predicted molar refractivity (Wildman–Crippen MR) is 69.5 cm³/mol. The van der Waals surface area contributed by atoms with Crippen molar-refractivity contribution in [3.05, 3.63) is 29.9 Å². The average molecular weight is 262 g/mol. The molecular formula is C12H18N6O. The number of hydrogen-bond acceptors (Lipinski definition) is 4. The fraction of sp³-hybridized carbons (Fsp3) is 0.500. The van der Waals surface area contributed by atoms with Gasteiger partial charge in [-0.15, -0.1) is 0 Å². The second kappa shape index (κ2) is 5.64. The molecule has 0 saturated heterocycles. The molecule has 7 nitrogen and oxygen atoms in total. The number of nitrogens with zero attached hydrogens (tertiary/aromatic N) is 4. The number of aryl methyl sites for hydroxylation is 2. The Kier molecular flexibility index (Phi) is 3.94. The molecule has 0 radical (unpaired) electrons. The van der Waals surface area contributed by atoms with E-state index in [0.29, 0.717) is 5.69 Å². The van der Waals surface area contributed by atoms with E-state index in [1.165, 1.54) is 12.7 Å². The van der Waals surface area contributed by atoms with E-state index in [4.69, 9.17) is 0 Å². The van der Waals surface area contributed by atoms with E-state index in [1.807, 2.05) is 20.8 Å². The van der Waals surface area contributed by atoms with Crippen molar-refractivity contribution >= 4 is 5.91 Å². The van der Waals surface area contributed by atoms with Gasteiger partial charge in [0.25, 0.3) is 5.91 Å². The molecule has 0 spiro atoms. The highest BCUT2D eigenvalue weighted by Crippen LogP contribution is 2.14. The molecule has 0 aliphatic carbocycles. The number of hydrogen-bond donors (Lipinski definition) is 2. The van der Waals surface area contributed by atoms with Gasteiger partial charge in [-0.25, -0.2) is 14.6 Å². The second-order valence-electron chi connectivity index (χ2n) is 4.24. The molecule has 1 amide bonds. The van der Waals surface area contributed by atoms with Gasteiger partial charge in [-0.3, -0.25) is 4.79 Å². The maximum atomic E-state index is 12.1. The largest absolute Gasteiger partial charge is 0.348 e. The standard InChI is InChI=1S/C12H18N6O/c1-4-9(11-15-7-16-18(11)5-2)17-12(19)10-8(3)13-6-14-10/h6-7,9H,4-5H2,1-3H3,(H,13,14)(H,17,19)/t9-/m0/s1. The second-order valence-corrected chi connectivity index (χ2v) is 4.24. The van der Waals surface area contributed by atoms with Crippen molar-refractivity contribution in [2.75, 3.05) is 0 Å². The summed E-state index contributed by atoms with van der Waals surface area (Å²) in [5.74, 6) is 0.572. The molecule has 2 heterocycles. The van der Waals surface area contributed by atoms with Gasteiger partial charge in [0.15, 0.2) is 0 Å². The first kappa shape index (κ1) is 13.3. The third-order valence-electron chi connectivity index (χ3n) is 3.02. The highest BCUT2D eigenvalue weighted by atomic mass is 16.2. The van der Waals surface area contributed by atoms with Crippen molar-refractivity contribution in [3.8, 4) is 0 Å². The molecule has 0 unspecified atom stereocenters. The summed E-state index contributed by atoms with van der Waals surface area (Å²) in [5, 5.41) is 7.07. The maximum Gasteiger partial charge on any atom is 0.272 e. The van der Waals surface area contributed by atoms with E-state index >= 15 is 0 Å². The van der Waals surface area contributed by atoms with Crippen LogP contribution >= 0.6 is 0 Å². The number of carbonyl (C=O) groups is 1. The summed E-state index contributed by atoms with van der Waals surface area (Å²) in [6.45, 7) is 6.53. The Labute approximate surface area is 111 Å². The summed E-state index contributed by atoms with van der Waals surface area (Å²) >= 11 is 0. The highest BCUT2D eigenvalue weighted by molar-refractivity contribution is 5.93. The topological polar surface area (TPSA) is 88.5 Å². The molecule has 2 aromatic rings. The summed E-state index contributed by atoms with van der Waals surface area (Å²) in [4.78, 5) is 23.3. The molecular weight excluding hydrogens is 244 g/mol. The summed E-state index contributed by atoms with van der Waals surface area (Å²) < 4.78 is 1.78. The molecule has 19 heavy (non-hydrogen) atoms. The highest BCUT2D eigenvalue weighted by Gasteiger charge is 2.20. The van der Waals surface area contributed by atoms with Crippen molar-refractivity contribution in [1.29, 1.82) is 0 Å². The Morgan fingerprint density at radius 3 is 2.84 bits per heavy atom. The third-order valence-corrected chi connectivity index (χ3v) is 3.02. The maximum absolute atomic E-state index is 12.1. The first-order valence-corrected chi connectivity index (χ1v) is 6.35. The molecule has 0 fully saturated rings. The average Bonchev–Trinajstić information content (AvgIpc) is 3.03. The van der Waals surface area contributed by atoms with Gasteiger partial charge in [-0.1, -0.05) is 6.92 Å². The lowest BCUT2D eigenvalue weighted by molar-refractivity contribution is 0.0927. The normalized spacial score (nSPS) is 12.4. The van der Waals surface area contributed by atoms with Gasteiger partial charge >= 0.3 is 0 Å². The first-order chi connectivity index (χ1) is 9.17. The van der Waals surface area contributed by atoms with Gasteiger partial charge < -0.3 is 10.3 Å². The number of aromatic amines is 1. The summed E-state index contributed by atoms with van der Waals surface area (Å²) in [7, 11) is 0. The molecule has 2 rings (SSSR count). The minimum atomic E-state index is -0.198. The molecule has 0 aliphatic heterocycles. The van der Waals surface area contributed by atoms with Crippen LogP contribution in [0.2, 0.25) is 0 Å². The predicted octanol–water partition coefficient (Wildman–Crippen LogP) is 1.21. The van der Waals surface area contributed by atoms with Crippen LogP contribution in [0.5, 0.6) is 0 Å². The van der Waals surface area contributed by atoms with Crippen molar-refractivity contribution in [2.24, 2.45) is 0 Å². The Morgan fingerprint density at radius 2 is 2.26 bits per heavy atom. The molecule has 0 aromatic carbocycles. The fourth-order valence-electron chi connectivity index (χ4n) is 1.95. The molecule has 1 atom stereocenters. The van der Waals surface area contributed by atoms with Gasteiger partial charge in [0, 0.05) is 12.2 Å². The van der Waals surface area contributed by atoms with Gasteiger partial charge in [0.2, 0.25) is 0 Å². The number of amides is 1. The molecule has 7 heteroatoms. The van der Waals surface area contributed by atoms with Crippen LogP contribution in [-0.4, -0.2) is 30.6 Å². The van der Waals surface area contributed by atoms with Crippen LogP contribution in [0.4, 0.5) is 0 Å². The molecule has 2 N–H and O–H groups in total. The van der Waals surface area contributed by atoms with E-state index in [1.54, 1.807) is 4.68 Å². The van der Waals surface area contributed by atoms with Gasteiger partial charge in [0.05, 0.1) is 12.4 Å². The zero-order chi connectivity index (χ0) is 13.8. The lowest BCUT2D eigenvalue weighted by Crippen LogP contribution is -2.31. The molecule has 0 saturated carbocycles. The fourth-order valence-corrected chi connectivity index (χ4v) is 1.95. The van der Waals surface area contributed by atoms with Crippen LogP contribution in [-0.2, 0) is 6.54 Å². The lowest BCUT2D eigenvalue weighted by atomic mass is 10.2. The Morgan fingerprint density at radius 1 is 1.47 bits per heavy atom. The summed E-state index contributed by atoms with van der Waals surface area (Å²) in [5.41, 5.74) is 1.17. The van der Waals surface area contributed by atoms with Crippen LogP contribution in [0.1, 0.15) is 48.3 Å². The smallest absolute Gasteiger partial charge is 0.272 e. The van der Waals surface area contributed by atoms with Crippen LogP contribution in [0, 0.1) is 6.92 Å².